The maximum Gasteiger partial charge on any atom is 0.243 e. The van der Waals surface area contributed by atoms with Crippen LogP contribution >= 0.6 is 0 Å². The SMILES string of the molecule is NCC#Cc1ccc(S(=O)(=O)N2CCCNC(=O)C2)cc1. The lowest BCUT2D eigenvalue weighted by Crippen LogP contribution is -2.37. The summed E-state index contributed by atoms with van der Waals surface area (Å²) in [4.78, 5) is 11.7. The normalized spacial score (nSPS) is 16.5. The Morgan fingerprint density at radius 3 is 2.67 bits per heavy atom. The highest BCUT2D eigenvalue weighted by atomic mass is 32.2. The number of hydrogen-bond acceptors (Lipinski definition) is 4. The minimum absolute atomic E-state index is 0.142. The number of benzene rings is 1. The van der Waals surface area contributed by atoms with Crippen LogP contribution in [0.4, 0.5) is 0 Å². The number of sulfonamides is 1. The minimum atomic E-state index is -3.66. The molecule has 0 aliphatic carbocycles. The van der Waals surface area contributed by atoms with E-state index in [-0.39, 0.29) is 23.9 Å². The van der Waals surface area contributed by atoms with Crippen LogP contribution in [0.25, 0.3) is 0 Å². The summed E-state index contributed by atoms with van der Waals surface area (Å²) >= 11 is 0. The van der Waals surface area contributed by atoms with Gasteiger partial charge in [-0.25, -0.2) is 8.42 Å². The monoisotopic (exact) mass is 307 g/mol. The molecule has 6 nitrogen and oxygen atoms in total. The molecule has 1 heterocycles. The van der Waals surface area contributed by atoms with Crippen molar-refractivity contribution in [2.75, 3.05) is 26.2 Å². The van der Waals surface area contributed by atoms with Gasteiger partial charge in [0.15, 0.2) is 0 Å². The van der Waals surface area contributed by atoms with Gasteiger partial charge < -0.3 is 11.1 Å². The molecular formula is C14H17N3O3S. The standard InChI is InChI=1S/C14H17N3O3S/c15-8-1-3-12-4-6-13(7-5-12)21(19,20)17-10-2-9-16-14(18)11-17/h4-7H,2,8-11,15H2,(H,16,18). The Morgan fingerprint density at radius 1 is 1.29 bits per heavy atom. The maximum absolute atomic E-state index is 12.5. The summed E-state index contributed by atoms with van der Waals surface area (Å²) in [6, 6.07) is 6.26. The van der Waals surface area contributed by atoms with E-state index in [9.17, 15) is 13.2 Å². The minimum Gasteiger partial charge on any atom is -0.355 e. The van der Waals surface area contributed by atoms with Crippen molar-refractivity contribution < 1.29 is 13.2 Å². The molecule has 1 aromatic carbocycles. The molecule has 0 bridgehead atoms. The fourth-order valence-corrected chi connectivity index (χ4v) is 3.43. The van der Waals surface area contributed by atoms with Gasteiger partial charge in [0.05, 0.1) is 18.0 Å². The molecular weight excluding hydrogens is 290 g/mol. The van der Waals surface area contributed by atoms with Crippen molar-refractivity contribution >= 4 is 15.9 Å². The van der Waals surface area contributed by atoms with Crippen molar-refractivity contribution in [1.82, 2.24) is 9.62 Å². The zero-order valence-electron chi connectivity index (χ0n) is 11.5. The molecule has 21 heavy (non-hydrogen) atoms. The molecule has 0 saturated carbocycles. The summed E-state index contributed by atoms with van der Waals surface area (Å²) in [5.74, 6) is 5.26. The van der Waals surface area contributed by atoms with Gasteiger partial charge in [0.1, 0.15) is 0 Å². The second-order valence-electron chi connectivity index (χ2n) is 4.57. The second-order valence-corrected chi connectivity index (χ2v) is 6.51. The molecule has 1 aromatic rings. The number of nitrogens with two attached hydrogens (primary N) is 1. The maximum atomic E-state index is 12.5. The molecule has 0 atom stereocenters. The Balaban J connectivity index is 2.24. The topological polar surface area (TPSA) is 92.5 Å². The van der Waals surface area contributed by atoms with E-state index in [4.69, 9.17) is 5.73 Å². The largest absolute Gasteiger partial charge is 0.355 e. The van der Waals surface area contributed by atoms with Gasteiger partial charge in [-0.1, -0.05) is 11.8 Å². The molecule has 3 N–H and O–H groups in total. The van der Waals surface area contributed by atoms with Crippen LogP contribution in [0.15, 0.2) is 29.2 Å². The molecule has 1 amide bonds. The van der Waals surface area contributed by atoms with Crippen molar-refractivity contribution in [1.29, 1.82) is 0 Å². The number of hydrogen-bond donors (Lipinski definition) is 2. The summed E-state index contributed by atoms with van der Waals surface area (Å²) in [6.45, 7) is 0.939. The zero-order valence-corrected chi connectivity index (χ0v) is 12.3. The first kappa shape index (κ1) is 15.5. The Hall–Kier alpha value is -1.88. The van der Waals surface area contributed by atoms with E-state index >= 15 is 0 Å². The van der Waals surface area contributed by atoms with E-state index in [1.807, 2.05) is 0 Å². The van der Waals surface area contributed by atoms with Crippen LogP contribution in [-0.2, 0) is 14.8 Å². The van der Waals surface area contributed by atoms with E-state index in [1.54, 1.807) is 12.1 Å². The number of rotatable bonds is 2. The van der Waals surface area contributed by atoms with Gasteiger partial charge in [0.25, 0.3) is 0 Å². The lowest BCUT2D eigenvalue weighted by Gasteiger charge is -2.18. The van der Waals surface area contributed by atoms with Gasteiger partial charge in [-0.05, 0) is 30.7 Å². The number of nitrogens with one attached hydrogen (secondary N) is 1. The van der Waals surface area contributed by atoms with Gasteiger partial charge >= 0.3 is 0 Å². The van der Waals surface area contributed by atoms with Crippen LogP contribution in [0.5, 0.6) is 0 Å². The molecule has 0 aromatic heterocycles. The second kappa shape index (κ2) is 6.72. The first-order chi connectivity index (χ1) is 10.0. The summed E-state index contributed by atoms with van der Waals surface area (Å²) in [5.41, 5.74) is 5.99. The average molecular weight is 307 g/mol. The van der Waals surface area contributed by atoms with Crippen LogP contribution in [-0.4, -0.2) is 44.8 Å². The van der Waals surface area contributed by atoms with Crippen molar-refractivity contribution in [2.45, 2.75) is 11.3 Å². The van der Waals surface area contributed by atoms with Crippen LogP contribution in [0, 0.1) is 11.8 Å². The highest BCUT2D eigenvalue weighted by molar-refractivity contribution is 7.89. The smallest absolute Gasteiger partial charge is 0.243 e. The predicted molar refractivity (Wildman–Crippen MR) is 78.8 cm³/mol. The van der Waals surface area contributed by atoms with Gasteiger partial charge in [-0.15, -0.1) is 0 Å². The van der Waals surface area contributed by atoms with Crippen LogP contribution in [0.1, 0.15) is 12.0 Å². The molecule has 1 saturated heterocycles. The van der Waals surface area contributed by atoms with Gasteiger partial charge in [0, 0.05) is 18.7 Å². The van der Waals surface area contributed by atoms with Crippen molar-refractivity contribution in [3.8, 4) is 11.8 Å². The van der Waals surface area contributed by atoms with Gasteiger partial charge in [0.2, 0.25) is 15.9 Å². The first-order valence-electron chi connectivity index (χ1n) is 6.60. The Labute approximate surface area is 124 Å². The zero-order chi connectivity index (χ0) is 15.3. The average Bonchev–Trinajstić information content (AvgIpc) is 2.70. The quantitative estimate of drug-likeness (QED) is 0.721. The fraction of sp³-hybridized carbons (Fsp3) is 0.357. The number of carbonyl (C=O) groups is 1. The molecule has 2 rings (SSSR count). The molecule has 0 spiro atoms. The van der Waals surface area contributed by atoms with E-state index in [0.29, 0.717) is 25.1 Å². The Morgan fingerprint density at radius 2 is 2.00 bits per heavy atom. The van der Waals surface area contributed by atoms with Crippen molar-refractivity contribution in [3.63, 3.8) is 0 Å². The van der Waals surface area contributed by atoms with E-state index < -0.39 is 10.0 Å². The van der Waals surface area contributed by atoms with E-state index in [0.717, 1.165) is 0 Å². The lowest BCUT2D eigenvalue weighted by molar-refractivity contribution is -0.120. The van der Waals surface area contributed by atoms with Crippen LogP contribution in [0.3, 0.4) is 0 Å². The van der Waals surface area contributed by atoms with Gasteiger partial charge in [-0.3, -0.25) is 4.79 Å². The highest BCUT2D eigenvalue weighted by Gasteiger charge is 2.27. The van der Waals surface area contributed by atoms with Crippen LogP contribution < -0.4 is 11.1 Å². The molecule has 0 unspecified atom stereocenters. The Bertz CT molecular complexity index is 672. The summed E-state index contributed by atoms with van der Waals surface area (Å²) in [6.07, 6.45) is 0.602. The predicted octanol–water partition coefficient (Wildman–Crippen LogP) is -0.493. The molecule has 7 heteroatoms. The molecule has 0 radical (unpaired) electrons. The molecule has 1 aliphatic rings. The molecule has 1 aliphatic heterocycles. The van der Waals surface area contributed by atoms with Gasteiger partial charge in [-0.2, -0.15) is 4.31 Å². The van der Waals surface area contributed by atoms with Crippen molar-refractivity contribution in [3.05, 3.63) is 29.8 Å². The van der Waals surface area contributed by atoms with Crippen molar-refractivity contribution in [2.24, 2.45) is 5.73 Å². The third-order valence-electron chi connectivity index (χ3n) is 3.05. The van der Waals surface area contributed by atoms with E-state index in [1.165, 1.54) is 16.4 Å². The number of carbonyl (C=O) groups excluding carboxylic acids is 1. The lowest BCUT2D eigenvalue weighted by atomic mass is 10.2. The first-order valence-corrected chi connectivity index (χ1v) is 8.04. The third-order valence-corrected chi connectivity index (χ3v) is 4.91. The fourth-order valence-electron chi connectivity index (χ4n) is 2.00. The summed E-state index contributed by atoms with van der Waals surface area (Å²) in [7, 11) is -3.66. The molecule has 112 valence electrons. The van der Waals surface area contributed by atoms with E-state index in [2.05, 4.69) is 17.2 Å². The third kappa shape index (κ3) is 3.82. The Kier molecular flexibility index (Phi) is 4.96. The number of amides is 1. The summed E-state index contributed by atoms with van der Waals surface area (Å²) < 4.78 is 26.2. The number of nitrogens with zero attached hydrogens (tertiary/aromatic N) is 1. The highest BCUT2D eigenvalue weighted by Crippen LogP contribution is 2.17. The van der Waals surface area contributed by atoms with Crippen LogP contribution in [0.2, 0.25) is 0 Å². The summed E-state index contributed by atoms with van der Waals surface area (Å²) in [5, 5.41) is 2.66. The molecule has 1 fully saturated rings.